The van der Waals surface area contributed by atoms with Crippen LogP contribution in [0.1, 0.15) is 70.6 Å². The molecule has 0 saturated carbocycles. The fourth-order valence-corrected chi connectivity index (χ4v) is 6.52. The number of hydrogen-bond acceptors (Lipinski definition) is 6. The predicted octanol–water partition coefficient (Wildman–Crippen LogP) is 2.34. The van der Waals surface area contributed by atoms with Gasteiger partial charge < -0.3 is 34.4 Å². The first-order chi connectivity index (χ1) is 18.8. The molecule has 2 aliphatic heterocycles. The smallest absolute Gasteiger partial charge is 0.545 e. The Labute approximate surface area is 283 Å². The number of benzene rings is 2. The van der Waals surface area contributed by atoms with Crippen LogP contribution in [0.2, 0.25) is 0 Å². The van der Waals surface area contributed by atoms with E-state index in [4.69, 9.17) is 0 Å². The maximum atomic E-state index is 13.9. The Bertz CT molecular complexity index is 1770. The normalized spacial score (nSPS) is 16.6. The molecule has 2 aromatic carbocycles. The molecule has 0 radical (unpaired) electrons. The number of carboxylic acids is 2. The second-order valence-electron chi connectivity index (χ2n) is 10.0. The first-order valence-electron chi connectivity index (χ1n) is 12.4. The SMILES string of the molecule is CC1CCc2c(Br)c(F)cc3c(=O)c(C(=O)[O-])cn1c23.CC1CCc2c(Br)c(F)cc3c(=O)c(C(=O)[O-])cn1c23.O.[Ca+2]. The average molecular weight is 736 g/mol. The van der Waals surface area contributed by atoms with E-state index in [1.54, 1.807) is 9.13 Å². The molecule has 2 unspecified atom stereocenters. The van der Waals surface area contributed by atoms with Crippen LogP contribution in [0.15, 0.2) is 43.1 Å². The van der Waals surface area contributed by atoms with Crippen LogP contribution >= 0.6 is 31.9 Å². The number of aryl methyl sites for hydroxylation is 2. The molecular formula is C28H22Br2CaF2N2O7. The summed E-state index contributed by atoms with van der Waals surface area (Å²) in [5, 5.41) is 22.3. The van der Waals surface area contributed by atoms with Gasteiger partial charge in [0.1, 0.15) is 11.6 Å². The number of carbonyl (C=O) groups is 2. The maximum absolute atomic E-state index is 13.9. The van der Waals surface area contributed by atoms with Crippen molar-refractivity contribution in [2.45, 2.75) is 51.6 Å². The molecule has 42 heavy (non-hydrogen) atoms. The van der Waals surface area contributed by atoms with Crippen molar-refractivity contribution in [3.63, 3.8) is 0 Å². The molecule has 6 rings (SSSR count). The van der Waals surface area contributed by atoms with Crippen molar-refractivity contribution in [2.75, 3.05) is 0 Å². The summed E-state index contributed by atoms with van der Waals surface area (Å²) in [7, 11) is 0. The van der Waals surface area contributed by atoms with E-state index in [2.05, 4.69) is 31.9 Å². The standard InChI is InChI=1S/2C14H11BrFNO3.Ca.H2O/c2*1-6-2-3-7-11(15)10(16)4-8-12(7)17(6)5-9(13(8)18)14(19)20;;/h2*4-6H,2-3H2,1H3,(H,19,20);;1H2/q;;+2;/p-2. The first-order valence-corrected chi connectivity index (χ1v) is 14.0. The van der Waals surface area contributed by atoms with Crippen molar-refractivity contribution in [1.29, 1.82) is 0 Å². The fraction of sp³-hybridized carbons (Fsp3) is 0.286. The van der Waals surface area contributed by atoms with Gasteiger partial charge in [-0.25, -0.2) is 8.78 Å². The molecule has 4 aromatic rings. The van der Waals surface area contributed by atoms with Crippen LogP contribution in [0.5, 0.6) is 0 Å². The molecular weight excluding hydrogens is 714 g/mol. The topological polar surface area (TPSA) is 156 Å². The van der Waals surface area contributed by atoms with Crippen LogP contribution in [0.4, 0.5) is 8.78 Å². The van der Waals surface area contributed by atoms with E-state index in [0.717, 1.165) is 25.0 Å². The molecule has 2 atom stereocenters. The van der Waals surface area contributed by atoms with Gasteiger partial charge in [0.05, 0.1) is 43.0 Å². The quantitative estimate of drug-likeness (QED) is 0.288. The van der Waals surface area contributed by atoms with E-state index >= 15 is 0 Å². The van der Waals surface area contributed by atoms with E-state index in [1.807, 2.05) is 13.8 Å². The zero-order valence-electron chi connectivity index (χ0n) is 22.4. The molecule has 0 fully saturated rings. The van der Waals surface area contributed by atoms with Crippen molar-refractivity contribution >= 4 is 103 Å². The number of hydrogen-bond donors (Lipinski definition) is 0. The number of halogens is 4. The number of nitrogens with zero attached hydrogens (tertiary/aromatic N) is 2. The van der Waals surface area contributed by atoms with Crippen LogP contribution in [0.25, 0.3) is 21.8 Å². The van der Waals surface area contributed by atoms with Gasteiger partial charge in [-0.05, 0) is 94.7 Å². The Morgan fingerprint density at radius 3 is 1.43 bits per heavy atom. The third-order valence-electron chi connectivity index (χ3n) is 7.62. The van der Waals surface area contributed by atoms with Gasteiger partial charge in [-0.15, -0.1) is 0 Å². The Hall–Kier alpha value is -2.16. The second-order valence-corrected chi connectivity index (χ2v) is 11.6. The van der Waals surface area contributed by atoms with Crippen LogP contribution in [-0.2, 0) is 12.8 Å². The predicted molar refractivity (Wildman–Crippen MR) is 156 cm³/mol. The third kappa shape index (κ3) is 5.59. The summed E-state index contributed by atoms with van der Waals surface area (Å²) in [5.74, 6) is -4.19. The monoisotopic (exact) mass is 734 g/mol. The van der Waals surface area contributed by atoms with E-state index in [0.29, 0.717) is 43.9 Å². The van der Waals surface area contributed by atoms with Gasteiger partial charge in [-0.2, -0.15) is 0 Å². The minimum Gasteiger partial charge on any atom is -0.545 e. The van der Waals surface area contributed by atoms with Crippen molar-refractivity contribution < 1.29 is 34.1 Å². The van der Waals surface area contributed by atoms with Gasteiger partial charge in [-0.3, -0.25) is 9.59 Å². The first kappa shape index (κ1) is 34.3. The zero-order chi connectivity index (χ0) is 29.2. The molecule has 2 aromatic heterocycles. The van der Waals surface area contributed by atoms with Gasteiger partial charge in [0.15, 0.2) is 10.9 Å². The minimum atomic E-state index is -1.54. The molecule has 9 nitrogen and oxygen atoms in total. The summed E-state index contributed by atoms with van der Waals surface area (Å²) in [4.78, 5) is 46.5. The van der Waals surface area contributed by atoms with E-state index in [-0.39, 0.29) is 66.1 Å². The number of aromatic nitrogens is 2. The Kier molecular flexibility index (Phi) is 10.5. The molecule has 0 spiro atoms. The molecule has 4 heterocycles. The van der Waals surface area contributed by atoms with Crippen LogP contribution in [0.3, 0.4) is 0 Å². The van der Waals surface area contributed by atoms with E-state index in [1.165, 1.54) is 12.4 Å². The van der Waals surface area contributed by atoms with E-state index < -0.39 is 45.6 Å². The number of pyridine rings is 2. The average Bonchev–Trinajstić information content (AvgIpc) is 2.90. The van der Waals surface area contributed by atoms with Crippen molar-refractivity contribution in [3.8, 4) is 0 Å². The van der Waals surface area contributed by atoms with E-state index in [9.17, 15) is 38.2 Å². The maximum Gasteiger partial charge on any atom is 2.00 e. The number of carboxylic acid groups (broad SMARTS) is 2. The Morgan fingerprint density at radius 1 is 0.786 bits per heavy atom. The number of rotatable bonds is 2. The number of carbonyl (C=O) groups excluding carboxylic acids is 2. The fourth-order valence-electron chi connectivity index (χ4n) is 5.52. The van der Waals surface area contributed by atoms with Gasteiger partial charge in [0.25, 0.3) is 0 Å². The van der Waals surface area contributed by atoms with Crippen LogP contribution < -0.4 is 21.1 Å². The molecule has 216 valence electrons. The summed E-state index contributed by atoms with van der Waals surface area (Å²) < 4.78 is 31.9. The molecule has 0 bridgehead atoms. The molecule has 0 saturated heterocycles. The van der Waals surface area contributed by atoms with Crippen molar-refractivity contribution in [1.82, 2.24) is 9.13 Å². The molecule has 2 N–H and O–H groups in total. The summed E-state index contributed by atoms with van der Waals surface area (Å²) in [6.07, 6.45) is 5.38. The van der Waals surface area contributed by atoms with Gasteiger partial charge in [0.2, 0.25) is 0 Å². The van der Waals surface area contributed by atoms with Crippen LogP contribution in [0, 0.1) is 11.6 Å². The molecule has 0 aliphatic carbocycles. The molecule has 0 amide bonds. The molecule has 2 aliphatic rings. The second kappa shape index (κ2) is 12.8. The largest absolute Gasteiger partial charge is 2.00 e. The Morgan fingerprint density at radius 2 is 1.12 bits per heavy atom. The minimum absolute atomic E-state index is 0. The van der Waals surface area contributed by atoms with Gasteiger partial charge >= 0.3 is 37.7 Å². The zero-order valence-corrected chi connectivity index (χ0v) is 27.7. The third-order valence-corrected chi connectivity index (χ3v) is 9.33. The summed E-state index contributed by atoms with van der Waals surface area (Å²) in [6, 6.07) is 2.26. The van der Waals surface area contributed by atoms with Crippen molar-refractivity contribution in [3.05, 3.63) is 87.8 Å². The molecule has 14 heteroatoms. The summed E-state index contributed by atoms with van der Waals surface area (Å²) in [6.45, 7) is 3.87. The summed E-state index contributed by atoms with van der Waals surface area (Å²) in [5.41, 5.74) is 0.369. The van der Waals surface area contributed by atoms with Gasteiger partial charge in [0, 0.05) is 35.2 Å². The van der Waals surface area contributed by atoms with Gasteiger partial charge in [-0.1, -0.05) is 0 Å². The summed E-state index contributed by atoms with van der Waals surface area (Å²) >= 11 is 6.40. The van der Waals surface area contributed by atoms with Crippen LogP contribution in [-0.4, -0.2) is 64.3 Å². The Balaban J connectivity index is 0.000000220. The number of aromatic carboxylic acids is 2. The van der Waals surface area contributed by atoms with Crippen molar-refractivity contribution in [2.24, 2.45) is 0 Å².